The van der Waals surface area contributed by atoms with Gasteiger partial charge in [0.05, 0.1) is 46.5 Å². The van der Waals surface area contributed by atoms with Crippen molar-refractivity contribution in [3.05, 3.63) is 86.9 Å². The fourth-order valence-corrected chi connectivity index (χ4v) is 9.28. The van der Waals surface area contributed by atoms with E-state index in [0.29, 0.717) is 69.4 Å². The molecular weight excluding hydrogens is 705 g/mol. The van der Waals surface area contributed by atoms with Crippen molar-refractivity contribution in [3.8, 4) is 22.9 Å². The number of hydrogen-bond donors (Lipinski definition) is 1. The number of halogens is 4. The van der Waals surface area contributed by atoms with Crippen LogP contribution in [0.3, 0.4) is 0 Å². The van der Waals surface area contributed by atoms with Gasteiger partial charge in [0.1, 0.15) is 17.4 Å². The Morgan fingerprint density at radius 3 is 2.67 bits per heavy atom. The van der Waals surface area contributed by atoms with Gasteiger partial charge in [-0.3, -0.25) is 4.79 Å². The fourth-order valence-electron chi connectivity index (χ4n) is 8.88. The van der Waals surface area contributed by atoms with Gasteiger partial charge in [-0.1, -0.05) is 35.3 Å². The molecule has 3 saturated heterocycles. The molecule has 0 radical (unpaired) electrons. The van der Waals surface area contributed by atoms with Crippen molar-refractivity contribution < 1.29 is 18.3 Å². The number of rotatable bonds is 8. The normalized spacial score (nSPS) is 23.7. The first-order valence-electron chi connectivity index (χ1n) is 17.9. The van der Waals surface area contributed by atoms with Gasteiger partial charge in [0.2, 0.25) is 11.9 Å². The van der Waals surface area contributed by atoms with Gasteiger partial charge in [0.25, 0.3) is 0 Å². The molecule has 0 unspecified atom stereocenters. The van der Waals surface area contributed by atoms with Crippen molar-refractivity contribution in [2.24, 2.45) is 11.8 Å². The third kappa shape index (κ3) is 5.35. The van der Waals surface area contributed by atoms with Crippen molar-refractivity contribution in [2.45, 2.75) is 76.6 Å². The van der Waals surface area contributed by atoms with Crippen LogP contribution >= 0.6 is 23.2 Å². The largest absolute Gasteiger partial charge is 0.487 e. The third-order valence-electron chi connectivity index (χ3n) is 11.6. The number of hydrogen-bond acceptors (Lipinski definition) is 6. The summed E-state index contributed by atoms with van der Waals surface area (Å²) in [5.74, 6) is -0.0957. The highest BCUT2D eigenvalue weighted by molar-refractivity contribution is 6.43. The molecule has 3 aliphatic heterocycles. The Kier molecular flexibility index (Phi) is 8.18. The molecule has 2 aliphatic carbocycles. The number of fused-ring (bicyclic) bond motifs is 4. The van der Waals surface area contributed by atoms with Crippen LogP contribution in [0.4, 0.5) is 8.78 Å². The average Bonchev–Trinajstić information content (AvgIpc) is 3.41. The number of aryl methyl sites for hydroxylation is 3. The van der Waals surface area contributed by atoms with Crippen LogP contribution in [0.15, 0.2) is 42.6 Å². The maximum atomic E-state index is 17.2. The number of likely N-dealkylation sites (tertiary alicyclic amines) is 1. The highest BCUT2D eigenvalue weighted by atomic mass is 35.5. The van der Waals surface area contributed by atoms with Crippen LogP contribution in [0, 0.1) is 48.8 Å². The maximum absolute atomic E-state index is 17.2. The van der Waals surface area contributed by atoms with E-state index in [4.69, 9.17) is 32.9 Å². The van der Waals surface area contributed by atoms with Gasteiger partial charge >= 0.3 is 0 Å². The number of amides is 1. The monoisotopic (exact) mass is 740 g/mol. The SMILES string of the molecule is Cc1cc(F)ncc1O[C@H]1C[C@H](c2cc3c(C)nc4c(F)c(-c5cccc(Cl)c5Cl)c(CCC#N)cc4c3n2[C@H]2[C@H]3CN[C@@H]2C3)N(C(=O)C2CC2)C1. The molecule has 5 atom stereocenters. The highest BCUT2D eigenvalue weighted by Gasteiger charge is 2.51. The van der Waals surface area contributed by atoms with Gasteiger partial charge in [-0.05, 0) is 80.8 Å². The summed E-state index contributed by atoms with van der Waals surface area (Å²) >= 11 is 13.1. The lowest BCUT2D eigenvalue weighted by Gasteiger charge is -2.39. The van der Waals surface area contributed by atoms with Crippen LogP contribution in [0.1, 0.15) is 66.7 Å². The molecule has 266 valence electrons. The Bertz CT molecular complexity index is 2340. The molecule has 5 aromatic rings. The zero-order valence-corrected chi connectivity index (χ0v) is 30.2. The number of nitrogens with zero attached hydrogens (tertiary/aromatic N) is 5. The standard InChI is InChI=1S/C40H36Cl2F2N6O2/c1-19-11-33(43)47-17-32(19)52-24-14-30(49(18-24)40(51)21-8-9-21)31-15-26-20(2)48-37-27(39(26)50(31)38-23-13-29(38)46-16-23)12-22(5-4-10-45)34(36(37)44)25-6-3-7-28(41)35(25)42/h3,6-7,11-12,15,17,21,23-24,29-30,38,46H,4-5,8-9,13-14,16,18H2,1-2H3/t23-,24+,29-,30-,38+/m1/s1. The third-order valence-corrected chi connectivity index (χ3v) is 12.4. The maximum Gasteiger partial charge on any atom is 0.226 e. The second-order valence-corrected chi connectivity index (χ2v) is 15.6. The molecule has 6 heterocycles. The number of ether oxygens (including phenoxy) is 1. The minimum Gasteiger partial charge on any atom is -0.487 e. The van der Waals surface area contributed by atoms with Gasteiger partial charge in [0, 0.05) is 64.6 Å². The molecular formula is C40H36Cl2F2N6O2. The number of benzene rings is 2. The van der Waals surface area contributed by atoms with Crippen molar-refractivity contribution in [1.82, 2.24) is 24.8 Å². The molecule has 52 heavy (non-hydrogen) atoms. The molecule has 3 aromatic heterocycles. The minimum absolute atomic E-state index is 0.00684. The summed E-state index contributed by atoms with van der Waals surface area (Å²) in [7, 11) is 0. The Morgan fingerprint density at radius 1 is 1.13 bits per heavy atom. The number of nitriles is 1. The van der Waals surface area contributed by atoms with E-state index in [-0.39, 0.29) is 53.0 Å². The number of carbonyl (C=O) groups excluding carboxylic acids is 1. The predicted octanol–water partition coefficient (Wildman–Crippen LogP) is 8.57. The fraction of sp³-hybridized carbons (Fsp3) is 0.400. The lowest BCUT2D eigenvalue weighted by atomic mass is 9.79. The zero-order valence-electron chi connectivity index (χ0n) is 28.7. The summed E-state index contributed by atoms with van der Waals surface area (Å²) in [4.78, 5) is 24.7. The van der Waals surface area contributed by atoms with Crippen LogP contribution in [0.2, 0.25) is 10.0 Å². The van der Waals surface area contributed by atoms with E-state index in [1.807, 2.05) is 17.9 Å². The minimum atomic E-state index is -0.570. The molecule has 5 fully saturated rings. The Hall–Kier alpha value is -4.30. The Morgan fingerprint density at radius 2 is 1.96 bits per heavy atom. The summed E-state index contributed by atoms with van der Waals surface area (Å²) in [5, 5.41) is 15.4. The van der Waals surface area contributed by atoms with Crippen LogP contribution in [-0.2, 0) is 11.2 Å². The molecule has 5 aliphatic rings. The molecule has 1 amide bonds. The number of pyridine rings is 2. The van der Waals surface area contributed by atoms with Crippen LogP contribution in [-0.4, -0.2) is 50.6 Å². The summed E-state index contributed by atoms with van der Waals surface area (Å²) in [6, 6.07) is 12.9. The van der Waals surface area contributed by atoms with E-state index < -0.39 is 11.8 Å². The van der Waals surface area contributed by atoms with E-state index in [9.17, 15) is 14.4 Å². The lowest BCUT2D eigenvalue weighted by molar-refractivity contribution is -0.133. The first-order valence-corrected chi connectivity index (χ1v) is 18.7. The van der Waals surface area contributed by atoms with Gasteiger partial charge in [-0.2, -0.15) is 9.65 Å². The zero-order chi connectivity index (χ0) is 36.0. The first kappa shape index (κ1) is 33.5. The van der Waals surface area contributed by atoms with Gasteiger partial charge < -0.3 is 19.5 Å². The summed E-state index contributed by atoms with van der Waals surface area (Å²) in [6.07, 6.45) is 4.88. The van der Waals surface area contributed by atoms with Crippen LogP contribution < -0.4 is 10.1 Å². The van der Waals surface area contributed by atoms with E-state index in [1.54, 1.807) is 25.1 Å². The van der Waals surface area contributed by atoms with Gasteiger partial charge in [-0.25, -0.2) is 14.4 Å². The molecule has 8 nitrogen and oxygen atoms in total. The van der Waals surface area contributed by atoms with Gasteiger partial charge in [-0.15, -0.1) is 0 Å². The van der Waals surface area contributed by atoms with Gasteiger partial charge in [0.15, 0.2) is 5.82 Å². The topological polar surface area (TPSA) is 96.1 Å². The number of nitrogens with one attached hydrogen (secondary N) is 1. The Balaban J connectivity index is 1.25. The van der Waals surface area contributed by atoms with Crippen molar-refractivity contribution in [3.63, 3.8) is 0 Å². The van der Waals surface area contributed by atoms with E-state index in [0.717, 1.165) is 42.4 Å². The highest BCUT2D eigenvalue weighted by Crippen LogP contribution is 2.51. The molecule has 2 saturated carbocycles. The molecule has 1 N–H and O–H groups in total. The van der Waals surface area contributed by atoms with Crippen molar-refractivity contribution in [2.75, 3.05) is 13.1 Å². The summed E-state index contributed by atoms with van der Waals surface area (Å²) in [6.45, 7) is 4.96. The van der Waals surface area contributed by atoms with Crippen molar-refractivity contribution in [1.29, 1.82) is 5.26 Å². The molecule has 2 aromatic carbocycles. The number of carbonyl (C=O) groups is 1. The van der Waals surface area contributed by atoms with E-state index >= 15 is 4.39 Å². The number of aromatic nitrogens is 3. The van der Waals surface area contributed by atoms with Crippen LogP contribution in [0.5, 0.6) is 5.75 Å². The second kappa shape index (κ2) is 12.7. The van der Waals surface area contributed by atoms with E-state index in [1.165, 1.54) is 12.3 Å². The predicted molar refractivity (Wildman–Crippen MR) is 195 cm³/mol. The van der Waals surface area contributed by atoms with Crippen LogP contribution in [0.25, 0.3) is 32.9 Å². The smallest absolute Gasteiger partial charge is 0.226 e. The molecule has 0 spiro atoms. The Labute approximate surface area is 309 Å². The molecule has 12 heteroatoms. The average molecular weight is 742 g/mol. The summed E-state index contributed by atoms with van der Waals surface area (Å²) in [5.41, 5.74) is 4.80. The lowest BCUT2D eigenvalue weighted by Crippen LogP contribution is -2.41. The molecule has 10 rings (SSSR count). The molecule has 2 bridgehead atoms. The quantitative estimate of drug-likeness (QED) is 0.160. The summed E-state index contributed by atoms with van der Waals surface area (Å²) < 4.78 is 39.8. The second-order valence-electron chi connectivity index (χ2n) is 14.8. The van der Waals surface area contributed by atoms with E-state index in [2.05, 4.69) is 27.0 Å². The first-order chi connectivity index (χ1) is 25.1. The van der Waals surface area contributed by atoms with Crippen molar-refractivity contribution >= 4 is 50.9 Å².